The molecule has 6 nitrogen and oxygen atoms in total. The fourth-order valence-electron chi connectivity index (χ4n) is 4.64. The third-order valence-electron chi connectivity index (χ3n) is 5.89. The summed E-state index contributed by atoms with van der Waals surface area (Å²) in [5.74, 6) is -0.0400. The Balaban J connectivity index is 2.24. The number of carboxylic acid groups (broad SMARTS) is 1. The average Bonchev–Trinajstić information content (AvgIpc) is 2.71. The molecule has 3 rings (SSSR count). The molecule has 2 aromatic rings. The molecule has 2 atom stereocenters. The van der Waals surface area contributed by atoms with E-state index >= 15 is 0 Å². The molecule has 2 heterocycles. The summed E-state index contributed by atoms with van der Waals surface area (Å²) in [5.41, 5.74) is 2.44. The summed E-state index contributed by atoms with van der Waals surface area (Å²) in [6, 6.07) is 5.19. The van der Waals surface area contributed by atoms with E-state index in [-0.39, 0.29) is 22.9 Å². The monoisotopic (exact) mass is 437 g/mol. The Bertz CT molecular complexity index is 1150. The van der Waals surface area contributed by atoms with Crippen LogP contribution in [0.3, 0.4) is 0 Å². The molecule has 0 fully saturated rings. The number of nitrogens with zero attached hydrogens (tertiary/aromatic N) is 1. The summed E-state index contributed by atoms with van der Waals surface area (Å²) < 4.78 is 13.5. The van der Waals surface area contributed by atoms with Crippen molar-refractivity contribution >= 4 is 5.97 Å². The number of hydrogen-bond acceptors (Lipinski definition) is 4. The van der Waals surface area contributed by atoms with E-state index < -0.39 is 11.4 Å². The largest absolute Gasteiger partial charge is 0.493 e. The zero-order valence-electron chi connectivity index (χ0n) is 19.6. The van der Waals surface area contributed by atoms with Crippen LogP contribution in [0.25, 0.3) is 11.3 Å². The maximum atomic E-state index is 12.6. The second-order valence-corrected chi connectivity index (χ2v) is 9.29. The summed E-state index contributed by atoms with van der Waals surface area (Å²) in [4.78, 5) is 24.2. The topological polar surface area (TPSA) is 77.8 Å². The van der Waals surface area contributed by atoms with Crippen molar-refractivity contribution in [3.63, 3.8) is 0 Å². The van der Waals surface area contributed by atoms with Crippen LogP contribution in [0, 0.1) is 5.41 Å². The van der Waals surface area contributed by atoms with Gasteiger partial charge in [0, 0.05) is 29.8 Å². The lowest BCUT2D eigenvalue weighted by molar-refractivity contribution is 0.0693. The maximum absolute atomic E-state index is 12.6. The van der Waals surface area contributed by atoms with Gasteiger partial charge in [0.05, 0.1) is 12.8 Å². The van der Waals surface area contributed by atoms with Gasteiger partial charge in [-0.25, -0.2) is 4.79 Å². The van der Waals surface area contributed by atoms with E-state index in [0.717, 1.165) is 16.7 Å². The van der Waals surface area contributed by atoms with Gasteiger partial charge in [-0.3, -0.25) is 4.79 Å². The van der Waals surface area contributed by atoms with Gasteiger partial charge < -0.3 is 19.1 Å². The van der Waals surface area contributed by atoms with Gasteiger partial charge in [-0.2, -0.15) is 0 Å². The Labute approximate surface area is 188 Å². The van der Waals surface area contributed by atoms with E-state index in [0.29, 0.717) is 23.8 Å². The first kappa shape index (κ1) is 23.4. The molecular weight excluding hydrogens is 406 g/mol. The van der Waals surface area contributed by atoms with Gasteiger partial charge in [-0.1, -0.05) is 46.4 Å². The normalized spacial score (nSPS) is 17.6. The Kier molecular flexibility index (Phi) is 6.35. The summed E-state index contributed by atoms with van der Waals surface area (Å²) in [6.07, 6.45) is 5.28. The minimum absolute atomic E-state index is 0.0358. The summed E-state index contributed by atoms with van der Waals surface area (Å²) >= 11 is 0. The van der Waals surface area contributed by atoms with Crippen molar-refractivity contribution in [2.75, 3.05) is 13.7 Å². The molecule has 0 radical (unpaired) electrons. The molecule has 0 spiro atoms. The number of allylic oxidation sites excluding steroid dienone is 1. The molecule has 1 aromatic carbocycles. The van der Waals surface area contributed by atoms with Crippen molar-refractivity contribution < 1.29 is 19.4 Å². The highest BCUT2D eigenvalue weighted by molar-refractivity contribution is 5.88. The first-order valence-electron chi connectivity index (χ1n) is 10.6. The van der Waals surface area contributed by atoms with E-state index in [4.69, 9.17) is 9.47 Å². The molecule has 0 saturated heterocycles. The summed E-state index contributed by atoms with van der Waals surface area (Å²) in [6.45, 7) is 14.7. The van der Waals surface area contributed by atoms with Crippen LogP contribution < -0.4 is 14.9 Å². The number of ether oxygens (including phenoxy) is 2. The van der Waals surface area contributed by atoms with Gasteiger partial charge >= 0.3 is 5.97 Å². The second-order valence-electron chi connectivity index (χ2n) is 9.29. The molecule has 32 heavy (non-hydrogen) atoms. The van der Waals surface area contributed by atoms with Crippen LogP contribution in [-0.4, -0.2) is 29.4 Å². The highest BCUT2D eigenvalue weighted by Crippen LogP contribution is 2.51. The molecule has 0 amide bonds. The number of pyridine rings is 1. The molecule has 0 saturated carbocycles. The predicted molar refractivity (Wildman–Crippen MR) is 126 cm³/mol. The zero-order valence-corrected chi connectivity index (χ0v) is 19.6. The van der Waals surface area contributed by atoms with Crippen LogP contribution in [0.1, 0.15) is 62.5 Å². The van der Waals surface area contributed by atoms with Crippen LogP contribution in [0.5, 0.6) is 11.5 Å². The number of methoxy groups -OCH3 is 1. The van der Waals surface area contributed by atoms with E-state index in [1.54, 1.807) is 7.11 Å². The van der Waals surface area contributed by atoms with Crippen molar-refractivity contribution in [1.29, 1.82) is 0 Å². The van der Waals surface area contributed by atoms with E-state index in [9.17, 15) is 14.7 Å². The molecule has 1 aromatic heterocycles. The van der Waals surface area contributed by atoms with E-state index in [1.807, 2.05) is 35.8 Å². The molecular formula is C26H31NO5. The predicted octanol–water partition coefficient (Wildman–Crippen LogP) is 5.44. The first-order chi connectivity index (χ1) is 15.0. The Morgan fingerprint density at radius 1 is 1.25 bits per heavy atom. The van der Waals surface area contributed by atoms with E-state index in [2.05, 4.69) is 34.3 Å². The van der Waals surface area contributed by atoms with Crippen molar-refractivity contribution in [3.05, 3.63) is 70.1 Å². The lowest BCUT2D eigenvalue weighted by atomic mass is 9.72. The van der Waals surface area contributed by atoms with Gasteiger partial charge in [0.15, 0.2) is 16.9 Å². The summed E-state index contributed by atoms with van der Waals surface area (Å²) in [7, 11) is 1.57. The SMILES string of the molecule is C=C(/C=C\C)COc1cc2c(cc1OC)-c1cc(=O)c(C(=O)O)cn1[C@H](C(C)(C)C)[C@@H]2C. The number of benzene rings is 1. The number of aromatic carboxylic acids is 1. The number of aromatic nitrogens is 1. The van der Waals surface area contributed by atoms with Crippen LogP contribution >= 0.6 is 0 Å². The third-order valence-corrected chi connectivity index (χ3v) is 5.89. The Morgan fingerprint density at radius 3 is 2.50 bits per heavy atom. The maximum Gasteiger partial charge on any atom is 0.341 e. The fourth-order valence-corrected chi connectivity index (χ4v) is 4.64. The molecule has 170 valence electrons. The van der Waals surface area contributed by atoms with Gasteiger partial charge in [-0.05, 0) is 35.6 Å². The van der Waals surface area contributed by atoms with Crippen LogP contribution in [-0.2, 0) is 0 Å². The van der Waals surface area contributed by atoms with Crippen molar-refractivity contribution in [2.24, 2.45) is 5.41 Å². The number of carboxylic acids is 1. The van der Waals surface area contributed by atoms with Gasteiger partial charge in [-0.15, -0.1) is 0 Å². The zero-order chi connectivity index (χ0) is 23.8. The number of rotatable bonds is 6. The first-order valence-corrected chi connectivity index (χ1v) is 10.6. The van der Waals surface area contributed by atoms with Gasteiger partial charge in [0.25, 0.3) is 0 Å². The third kappa shape index (κ3) is 4.22. The van der Waals surface area contributed by atoms with Crippen LogP contribution in [0.4, 0.5) is 0 Å². The lowest BCUT2D eigenvalue weighted by Gasteiger charge is -2.43. The lowest BCUT2D eigenvalue weighted by Crippen LogP contribution is -2.35. The van der Waals surface area contributed by atoms with Crippen LogP contribution in [0.2, 0.25) is 0 Å². The molecule has 1 aliphatic heterocycles. The summed E-state index contributed by atoms with van der Waals surface area (Å²) in [5, 5.41) is 9.52. The number of hydrogen-bond donors (Lipinski definition) is 1. The highest BCUT2D eigenvalue weighted by Gasteiger charge is 2.39. The minimum Gasteiger partial charge on any atom is -0.493 e. The van der Waals surface area contributed by atoms with Gasteiger partial charge in [0.1, 0.15) is 12.2 Å². The number of carbonyl (C=O) groups is 1. The fraction of sp³-hybridized carbons (Fsp3) is 0.385. The molecule has 1 aliphatic rings. The smallest absolute Gasteiger partial charge is 0.341 e. The average molecular weight is 438 g/mol. The molecule has 6 heteroatoms. The Morgan fingerprint density at radius 2 is 1.94 bits per heavy atom. The Hall–Kier alpha value is -3.28. The van der Waals surface area contributed by atoms with E-state index in [1.165, 1.54) is 12.3 Å². The van der Waals surface area contributed by atoms with Gasteiger partial charge in [0.2, 0.25) is 0 Å². The minimum atomic E-state index is -1.22. The molecule has 0 aliphatic carbocycles. The molecule has 0 unspecified atom stereocenters. The van der Waals surface area contributed by atoms with Crippen molar-refractivity contribution in [3.8, 4) is 22.8 Å². The highest BCUT2D eigenvalue weighted by atomic mass is 16.5. The quantitative estimate of drug-likeness (QED) is 0.609. The molecule has 0 bridgehead atoms. The molecule has 1 N–H and O–H groups in total. The van der Waals surface area contributed by atoms with Crippen molar-refractivity contribution in [1.82, 2.24) is 4.57 Å². The number of fused-ring (bicyclic) bond motifs is 3. The standard InChI is InChI=1S/C26H31NO5/c1-8-9-15(2)14-32-23-10-17-16(3)24(26(4,5)6)27-13-19(25(29)30)21(28)12-20(27)18(17)11-22(23)31-7/h8-13,16,24H,2,14H2,1,3-7H3,(H,29,30)/b9-8-/t16-,24+/m1/s1. The van der Waals surface area contributed by atoms with Crippen molar-refractivity contribution in [2.45, 2.75) is 46.6 Å². The second kappa shape index (κ2) is 8.69. The van der Waals surface area contributed by atoms with Crippen LogP contribution in [0.15, 0.2) is 53.5 Å².